The zero-order chi connectivity index (χ0) is 30.1. The zero-order valence-electron chi connectivity index (χ0n) is 23.5. The molecule has 0 aromatic heterocycles. The van der Waals surface area contributed by atoms with Gasteiger partial charge >= 0.3 is 0 Å². The quantitative estimate of drug-likeness (QED) is 0.298. The SMILES string of the molecule is Cc1ccc(C(=O)Nc2c(NC(=O)CN3CCN(c4ccccc4F)CC3)ccc3c2C(=O)c2ccccc2C3=O)cc1. The van der Waals surface area contributed by atoms with E-state index in [0.29, 0.717) is 43.0 Å². The number of fused-ring (bicyclic) bond motifs is 2. The molecule has 0 unspecified atom stereocenters. The van der Waals surface area contributed by atoms with Crippen LogP contribution in [0.15, 0.2) is 84.9 Å². The van der Waals surface area contributed by atoms with Crippen molar-refractivity contribution in [2.45, 2.75) is 6.92 Å². The van der Waals surface area contributed by atoms with Gasteiger partial charge < -0.3 is 15.5 Å². The fourth-order valence-electron chi connectivity index (χ4n) is 5.56. The highest BCUT2D eigenvalue weighted by Gasteiger charge is 2.34. The molecule has 1 fully saturated rings. The highest BCUT2D eigenvalue weighted by molar-refractivity contribution is 6.31. The van der Waals surface area contributed by atoms with E-state index in [9.17, 15) is 23.6 Å². The number of halogens is 1. The largest absolute Gasteiger partial charge is 0.367 e. The first-order chi connectivity index (χ1) is 20.8. The maximum absolute atomic E-state index is 14.2. The molecule has 1 aliphatic heterocycles. The van der Waals surface area contributed by atoms with Crippen LogP contribution in [0.25, 0.3) is 0 Å². The average Bonchev–Trinajstić information content (AvgIpc) is 3.01. The number of carbonyl (C=O) groups excluding carboxylic acids is 4. The number of piperazine rings is 1. The molecular formula is C34H29FN4O4. The van der Waals surface area contributed by atoms with E-state index in [-0.39, 0.29) is 52.1 Å². The standard InChI is InChI=1S/C34H29FN4O4/c1-21-10-12-22(13-11-21)34(43)37-31-27(15-14-25-30(31)33(42)24-7-3-2-6-23(24)32(25)41)36-29(40)20-38-16-18-39(19-17-38)28-9-5-4-8-26(28)35/h2-15H,16-20H2,1H3,(H,36,40)(H,37,43). The summed E-state index contributed by atoms with van der Waals surface area (Å²) in [6.45, 7) is 4.18. The predicted octanol–water partition coefficient (Wildman–Crippen LogP) is 4.92. The third-order valence-corrected chi connectivity index (χ3v) is 7.85. The van der Waals surface area contributed by atoms with Gasteiger partial charge in [0.25, 0.3) is 5.91 Å². The van der Waals surface area contributed by atoms with Crippen LogP contribution in [0.2, 0.25) is 0 Å². The van der Waals surface area contributed by atoms with Gasteiger partial charge in [0.1, 0.15) is 5.82 Å². The van der Waals surface area contributed by atoms with Crippen molar-refractivity contribution in [1.29, 1.82) is 0 Å². The second kappa shape index (κ2) is 11.6. The van der Waals surface area contributed by atoms with E-state index in [4.69, 9.17) is 0 Å². The Morgan fingerprint density at radius 1 is 0.744 bits per heavy atom. The van der Waals surface area contributed by atoms with Gasteiger partial charge in [0.15, 0.2) is 11.6 Å². The molecule has 6 rings (SSSR count). The number of anilines is 3. The van der Waals surface area contributed by atoms with Gasteiger partial charge in [-0.15, -0.1) is 0 Å². The smallest absolute Gasteiger partial charge is 0.255 e. The Kier molecular flexibility index (Phi) is 7.56. The van der Waals surface area contributed by atoms with Gasteiger partial charge in [0.2, 0.25) is 5.91 Å². The number of benzene rings is 4. The van der Waals surface area contributed by atoms with Crippen molar-refractivity contribution in [1.82, 2.24) is 4.90 Å². The van der Waals surface area contributed by atoms with E-state index in [1.807, 2.05) is 16.7 Å². The normalized spacial score (nSPS) is 14.6. The number of hydrogen-bond acceptors (Lipinski definition) is 6. The molecule has 9 heteroatoms. The summed E-state index contributed by atoms with van der Waals surface area (Å²) in [4.78, 5) is 57.5. The molecule has 4 aromatic rings. The molecule has 0 spiro atoms. The molecule has 43 heavy (non-hydrogen) atoms. The van der Waals surface area contributed by atoms with E-state index in [0.717, 1.165) is 5.56 Å². The molecule has 0 saturated carbocycles. The van der Waals surface area contributed by atoms with Gasteiger partial charge in [-0.1, -0.05) is 54.1 Å². The van der Waals surface area contributed by atoms with Crippen LogP contribution in [-0.4, -0.2) is 61.0 Å². The van der Waals surface area contributed by atoms with Crippen LogP contribution in [0, 0.1) is 12.7 Å². The number of nitrogens with zero attached hydrogens (tertiary/aromatic N) is 2. The van der Waals surface area contributed by atoms with Gasteiger partial charge in [-0.05, 0) is 43.3 Å². The van der Waals surface area contributed by atoms with Gasteiger partial charge in [0, 0.05) is 48.4 Å². The summed E-state index contributed by atoms with van der Waals surface area (Å²) in [5, 5.41) is 5.66. The molecule has 1 saturated heterocycles. The van der Waals surface area contributed by atoms with Gasteiger partial charge in [-0.25, -0.2) is 4.39 Å². The zero-order valence-corrected chi connectivity index (χ0v) is 23.5. The number of carbonyl (C=O) groups is 4. The molecule has 8 nitrogen and oxygen atoms in total. The molecule has 0 radical (unpaired) electrons. The van der Waals surface area contributed by atoms with Crippen molar-refractivity contribution >= 4 is 40.4 Å². The summed E-state index contributed by atoms with van der Waals surface area (Å²) in [6, 6.07) is 23.2. The molecule has 0 bridgehead atoms. The number of ketones is 2. The molecule has 2 N–H and O–H groups in total. The maximum Gasteiger partial charge on any atom is 0.255 e. The first kappa shape index (κ1) is 28.0. The van der Waals surface area contributed by atoms with Crippen molar-refractivity contribution < 1.29 is 23.6 Å². The second-order valence-electron chi connectivity index (χ2n) is 10.7. The number of para-hydroxylation sites is 1. The first-order valence-electron chi connectivity index (χ1n) is 14.1. The first-order valence-corrected chi connectivity index (χ1v) is 14.1. The Morgan fingerprint density at radius 3 is 2.09 bits per heavy atom. The fourth-order valence-corrected chi connectivity index (χ4v) is 5.56. The molecule has 0 atom stereocenters. The van der Waals surface area contributed by atoms with Crippen LogP contribution in [0.5, 0.6) is 0 Å². The molecule has 2 amide bonds. The monoisotopic (exact) mass is 576 g/mol. The topological polar surface area (TPSA) is 98.8 Å². The minimum atomic E-state index is -0.479. The van der Waals surface area contributed by atoms with E-state index in [1.54, 1.807) is 66.7 Å². The van der Waals surface area contributed by atoms with Crippen LogP contribution >= 0.6 is 0 Å². The van der Waals surface area contributed by atoms with Gasteiger partial charge in [-0.2, -0.15) is 0 Å². The van der Waals surface area contributed by atoms with Crippen molar-refractivity contribution in [2.75, 3.05) is 48.3 Å². The summed E-state index contributed by atoms with van der Waals surface area (Å²) in [7, 11) is 0. The number of amides is 2. The van der Waals surface area contributed by atoms with E-state index >= 15 is 0 Å². The van der Waals surface area contributed by atoms with Gasteiger partial charge in [0.05, 0.1) is 29.2 Å². The molecular weight excluding hydrogens is 547 g/mol. The number of aryl methyl sites for hydroxylation is 1. The highest BCUT2D eigenvalue weighted by atomic mass is 19.1. The lowest BCUT2D eigenvalue weighted by Gasteiger charge is -2.35. The van der Waals surface area contributed by atoms with Crippen LogP contribution < -0.4 is 15.5 Å². The van der Waals surface area contributed by atoms with Crippen LogP contribution in [0.3, 0.4) is 0 Å². The molecule has 2 aliphatic rings. The summed E-state index contributed by atoms with van der Waals surface area (Å²) < 4.78 is 14.2. The molecule has 4 aromatic carbocycles. The molecule has 1 heterocycles. The Bertz CT molecular complexity index is 1760. The van der Waals surface area contributed by atoms with Crippen LogP contribution in [-0.2, 0) is 4.79 Å². The Labute approximate surface area is 248 Å². The van der Waals surface area contributed by atoms with E-state index in [1.165, 1.54) is 18.2 Å². The Morgan fingerprint density at radius 2 is 1.40 bits per heavy atom. The minimum absolute atomic E-state index is 0.0421. The predicted molar refractivity (Wildman–Crippen MR) is 163 cm³/mol. The lowest BCUT2D eigenvalue weighted by Crippen LogP contribution is -2.49. The van der Waals surface area contributed by atoms with Crippen molar-refractivity contribution in [3.05, 3.63) is 124 Å². The third-order valence-electron chi connectivity index (χ3n) is 7.85. The summed E-state index contributed by atoms with van der Waals surface area (Å²) >= 11 is 0. The second-order valence-corrected chi connectivity index (χ2v) is 10.7. The number of rotatable bonds is 6. The van der Waals surface area contributed by atoms with Crippen molar-refractivity contribution in [3.8, 4) is 0 Å². The minimum Gasteiger partial charge on any atom is -0.367 e. The summed E-state index contributed by atoms with van der Waals surface area (Å²) in [5.74, 6) is -1.85. The van der Waals surface area contributed by atoms with E-state index in [2.05, 4.69) is 10.6 Å². The summed E-state index contributed by atoms with van der Waals surface area (Å²) in [6.07, 6.45) is 0. The highest BCUT2D eigenvalue weighted by Crippen LogP contribution is 2.37. The molecule has 216 valence electrons. The fraction of sp³-hybridized carbons (Fsp3) is 0.176. The Balaban J connectivity index is 1.25. The van der Waals surface area contributed by atoms with Crippen molar-refractivity contribution in [2.24, 2.45) is 0 Å². The van der Waals surface area contributed by atoms with E-state index < -0.39 is 11.7 Å². The van der Waals surface area contributed by atoms with Gasteiger partial charge in [-0.3, -0.25) is 24.1 Å². The Hall–Kier alpha value is -5.15. The van der Waals surface area contributed by atoms with Crippen LogP contribution in [0.4, 0.5) is 21.5 Å². The number of hydrogen-bond donors (Lipinski definition) is 2. The lowest BCUT2D eigenvalue weighted by atomic mass is 9.82. The number of nitrogens with one attached hydrogen (secondary N) is 2. The third kappa shape index (κ3) is 5.54. The van der Waals surface area contributed by atoms with Crippen molar-refractivity contribution in [3.63, 3.8) is 0 Å². The molecule has 1 aliphatic carbocycles. The lowest BCUT2D eigenvalue weighted by molar-refractivity contribution is -0.117. The average molecular weight is 577 g/mol. The van der Waals surface area contributed by atoms with Crippen LogP contribution in [0.1, 0.15) is 47.8 Å². The maximum atomic E-state index is 14.2. The summed E-state index contributed by atoms with van der Waals surface area (Å²) in [5.41, 5.74) is 2.91.